The number of halogens is 1. The van der Waals surface area contributed by atoms with Crippen molar-refractivity contribution in [2.24, 2.45) is 0 Å². The highest BCUT2D eigenvalue weighted by atomic mass is 79.9. The van der Waals surface area contributed by atoms with E-state index in [-0.39, 0.29) is 0 Å². The molecule has 3 N–H and O–H groups in total. The number of anilines is 3. The molecule has 0 saturated carbocycles. The second kappa shape index (κ2) is 6.18. The molecule has 2 aromatic carbocycles. The number of nitrogens with one attached hydrogen (secondary N) is 1. The lowest BCUT2D eigenvalue weighted by Gasteiger charge is -2.17. The molecule has 0 atom stereocenters. The van der Waals surface area contributed by atoms with E-state index in [9.17, 15) is 4.79 Å². The number of hydrogen-bond donors (Lipinski definition) is 2. The molecule has 110 valence electrons. The van der Waals surface area contributed by atoms with Crippen molar-refractivity contribution in [2.75, 3.05) is 18.2 Å². The van der Waals surface area contributed by atoms with Gasteiger partial charge in [-0.25, -0.2) is 4.79 Å². The number of carbonyl (C=O) groups is 1. The molecule has 0 aliphatic heterocycles. The second-order valence-corrected chi connectivity index (χ2v) is 5.72. The Morgan fingerprint density at radius 3 is 2.38 bits per heavy atom. The molecule has 0 aliphatic rings. The van der Waals surface area contributed by atoms with Crippen LogP contribution in [-0.2, 0) is 4.74 Å². The molecule has 21 heavy (non-hydrogen) atoms. The standard InChI is InChI=1S/C16H17BrN2O2/c1-9-7-11(17)8-10(2)14(9)19-15-12(16(20)21-3)5-4-6-13(15)18/h4-8,19H,18H2,1-3H3. The van der Waals surface area contributed by atoms with Gasteiger partial charge in [-0.1, -0.05) is 22.0 Å². The number of nitrogen functional groups attached to an aromatic ring is 1. The van der Waals surface area contributed by atoms with Gasteiger partial charge in [0.25, 0.3) is 0 Å². The quantitative estimate of drug-likeness (QED) is 0.645. The van der Waals surface area contributed by atoms with Gasteiger partial charge in [-0.05, 0) is 49.2 Å². The Labute approximate surface area is 132 Å². The predicted octanol–water partition coefficient (Wildman–Crippen LogP) is 4.18. The summed E-state index contributed by atoms with van der Waals surface area (Å²) in [6.45, 7) is 3.99. The van der Waals surface area contributed by atoms with E-state index in [0.717, 1.165) is 21.3 Å². The molecule has 0 fully saturated rings. The third-order valence-corrected chi connectivity index (χ3v) is 3.71. The van der Waals surface area contributed by atoms with Gasteiger partial charge < -0.3 is 15.8 Å². The van der Waals surface area contributed by atoms with E-state index in [1.54, 1.807) is 18.2 Å². The molecule has 2 rings (SSSR count). The number of hydrogen-bond acceptors (Lipinski definition) is 4. The lowest BCUT2D eigenvalue weighted by molar-refractivity contribution is 0.0602. The van der Waals surface area contributed by atoms with Crippen LogP contribution in [0.15, 0.2) is 34.8 Å². The van der Waals surface area contributed by atoms with Gasteiger partial charge in [0.15, 0.2) is 0 Å². The Bertz CT molecular complexity index is 676. The van der Waals surface area contributed by atoms with Crippen LogP contribution in [0.3, 0.4) is 0 Å². The van der Waals surface area contributed by atoms with Crippen molar-refractivity contribution in [1.82, 2.24) is 0 Å². The van der Waals surface area contributed by atoms with Gasteiger partial charge in [-0.3, -0.25) is 0 Å². The number of rotatable bonds is 3. The fourth-order valence-electron chi connectivity index (χ4n) is 2.22. The molecular weight excluding hydrogens is 332 g/mol. The Morgan fingerprint density at radius 2 is 1.81 bits per heavy atom. The maximum Gasteiger partial charge on any atom is 0.340 e. The van der Waals surface area contributed by atoms with Crippen LogP contribution < -0.4 is 11.1 Å². The topological polar surface area (TPSA) is 64.3 Å². The number of ether oxygens (including phenoxy) is 1. The summed E-state index contributed by atoms with van der Waals surface area (Å²) in [5.74, 6) is -0.419. The van der Waals surface area contributed by atoms with Gasteiger partial charge in [-0.2, -0.15) is 0 Å². The van der Waals surface area contributed by atoms with E-state index in [2.05, 4.69) is 21.2 Å². The van der Waals surface area contributed by atoms with Crippen molar-refractivity contribution in [3.63, 3.8) is 0 Å². The highest BCUT2D eigenvalue weighted by Crippen LogP contribution is 2.32. The Morgan fingerprint density at radius 1 is 1.19 bits per heavy atom. The molecule has 0 saturated heterocycles. The molecule has 0 radical (unpaired) electrons. The van der Waals surface area contributed by atoms with E-state index in [1.165, 1.54) is 7.11 Å². The summed E-state index contributed by atoms with van der Waals surface area (Å²) in [6, 6.07) is 9.18. The molecule has 4 nitrogen and oxygen atoms in total. The summed E-state index contributed by atoms with van der Waals surface area (Å²) in [5, 5.41) is 3.27. The summed E-state index contributed by atoms with van der Waals surface area (Å²) in [4.78, 5) is 11.9. The molecule has 0 amide bonds. The normalized spacial score (nSPS) is 10.3. The first kappa shape index (κ1) is 15.4. The van der Waals surface area contributed by atoms with E-state index in [1.807, 2.05) is 26.0 Å². The summed E-state index contributed by atoms with van der Waals surface area (Å²) in [6.07, 6.45) is 0. The monoisotopic (exact) mass is 348 g/mol. The summed E-state index contributed by atoms with van der Waals surface area (Å²) in [5.41, 5.74) is 10.5. The van der Waals surface area contributed by atoms with Crippen LogP contribution >= 0.6 is 15.9 Å². The second-order valence-electron chi connectivity index (χ2n) is 4.80. The number of para-hydroxylation sites is 1. The van der Waals surface area contributed by atoms with Gasteiger partial charge >= 0.3 is 5.97 Å². The highest BCUT2D eigenvalue weighted by molar-refractivity contribution is 9.10. The third-order valence-electron chi connectivity index (χ3n) is 3.25. The number of nitrogens with two attached hydrogens (primary N) is 1. The summed E-state index contributed by atoms with van der Waals surface area (Å²) in [7, 11) is 1.35. The number of esters is 1. The molecule has 0 unspecified atom stereocenters. The minimum Gasteiger partial charge on any atom is -0.465 e. The smallest absolute Gasteiger partial charge is 0.340 e. The van der Waals surface area contributed by atoms with Gasteiger partial charge in [-0.15, -0.1) is 0 Å². The van der Waals surface area contributed by atoms with E-state index in [4.69, 9.17) is 10.5 Å². The zero-order valence-corrected chi connectivity index (χ0v) is 13.7. The van der Waals surface area contributed by atoms with Gasteiger partial charge in [0.05, 0.1) is 24.0 Å². The molecule has 2 aromatic rings. The lowest BCUT2D eigenvalue weighted by atomic mass is 10.1. The van der Waals surface area contributed by atoms with Crippen molar-refractivity contribution in [1.29, 1.82) is 0 Å². The minimum atomic E-state index is -0.419. The van der Waals surface area contributed by atoms with Crippen LogP contribution in [0.1, 0.15) is 21.5 Å². The molecular formula is C16H17BrN2O2. The third kappa shape index (κ3) is 3.19. The van der Waals surface area contributed by atoms with Crippen LogP contribution in [0.5, 0.6) is 0 Å². The maximum atomic E-state index is 11.9. The number of aryl methyl sites for hydroxylation is 2. The molecule has 0 aliphatic carbocycles. The zero-order chi connectivity index (χ0) is 15.6. The molecule has 0 spiro atoms. The average Bonchev–Trinajstić information content (AvgIpc) is 2.43. The van der Waals surface area contributed by atoms with Crippen LogP contribution in [-0.4, -0.2) is 13.1 Å². The maximum absolute atomic E-state index is 11.9. The van der Waals surface area contributed by atoms with Crippen LogP contribution in [0.4, 0.5) is 17.1 Å². The van der Waals surface area contributed by atoms with Gasteiger partial charge in [0.2, 0.25) is 0 Å². The van der Waals surface area contributed by atoms with Gasteiger partial charge in [0.1, 0.15) is 0 Å². The lowest BCUT2D eigenvalue weighted by Crippen LogP contribution is -2.09. The first-order valence-corrected chi connectivity index (χ1v) is 7.24. The minimum absolute atomic E-state index is 0.416. The predicted molar refractivity (Wildman–Crippen MR) is 89.1 cm³/mol. The number of methoxy groups -OCH3 is 1. The fourth-order valence-corrected chi connectivity index (χ4v) is 2.91. The molecule has 5 heteroatoms. The SMILES string of the molecule is COC(=O)c1cccc(N)c1Nc1c(C)cc(Br)cc1C. The van der Waals surface area contributed by atoms with E-state index < -0.39 is 5.97 Å². The Kier molecular flexibility index (Phi) is 4.53. The highest BCUT2D eigenvalue weighted by Gasteiger charge is 2.16. The first-order chi connectivity index (χ1) is 9.93. The van der Waals surface area contributed by atoms with Crippen molar-refractivity contribution in [3.05, 3.63) is 51.5 Å². The molecule has 0 bridgehead atoms. The Balaban J connectivity index is 2.52. The largest absolute Gasteiger partial charge is 0.465 e. The Hall–Kier alpha value is -2.01. The summed E-state index contributed by atoms with van der Waals surface area (Å²) < 4.78 is 5.82. The average molecular weight is 349 g/mol. The molecule has 0 aromatic heterocycles. The van der Waals surface area contributed by atoms with Crippen LogP contribution in [0, 0.1) is 13.8 Å². The first-order valence-electron chi connectivity index (χ1n) is 6.44. The molecule has 0 heterocycles. The van der Waals surface area contributed by atoms with Gasteiger partial charge in [0, 0.05) is 10.2 Å². The number of carbonyl (C=O) groups excluding carboxylic acids is 1. The number of benzene rings is 2. The fraction of sp³-hybridized carbons (Fsp3) is 0.188. The van der Waals surface area contributed by atoms with E-state index >= 15 is 0 Å². The van der Waals surface area contributed by atoms with E-state index in [0.29, 0.717) is 16.9 Å². The summed E-state index contributed by atoms with van der Waals surface area (Å²) >= 11 is 3.47. The van der Waals surface area contributed by atoms with Crippen molar-refractivity contribution < 1.29 is 9.53 Å². The zero-order valence-electron chi connectivity index (χ0n) is 12.2. The van der Waals surface area contributed by atoms with Crippen molar-refractivity contribution in [3.8, 4) is 0 Å². The van der Waals surface area contributed by atoms with Crippen LogP contribution in [0.25, 0.3) is 0 Å². The van der Waals surface area contributed by atoms with Crippen LogP contribution in [0.2, 0.25) is 0 Å². The van der Waals surface area contributed by atoms with Crippen molar-refractivity contribution in [2.45, 2.75) is 13.8 Å². The van der Waals surface area contributed by atoms with Crippen molar-refractivity contribution >= 4 is 39.0 Å².